The fourth-order valence-electron chi connectivity index (χ4n) is 0.868. The van der Waals surface area contributed by atoms with Crippen molar-refractivity contribution in [2.45, 2.75) is 4.90 Å². The highest BCUT2D eigenvalue weighted by atomic mass is 35.5. The number of sulfone groups is 1. The largest absolute Gasteiger partial charge is 0.398 e. The Balaban J connectivity index is 3.41. The number of hydrogen-bond acceptors (Lipinski definition) is 3. The Kier molecular flexibility index (Phi) is 2.63. The van der Waals surface area contributed by atoms with Crippen molar-refractivity contribution in [1.29, 1.82) is 0 Å². The van der Waals surface area contributed by atoms with Crippen LogP contribution in [0.3, 0.4) is 0 Å². The van der Waals surface area contributed by atoms with E-state index < -0.39 is 9.84 Å². The fourth-order valence-corrected chi connectivity index (χ4v) is 1.87. The molecule has 1 aromatic carbocycles. The summed E-state index contributed by atoms with van der Waals surface area (Å²) in [5.41, 5.74) is 5.60. The highest BCUT2D eigenvalue weighted by Gasteiger charge is 2.12. The predicted octanol–water partition coefficient (Wildman–Crippen LogP) is 1.84. The van der Waals surface area contributed by atoms with Gasteiger partial charge >= 0.3 is 0 Å². The van der Waals surface area contributed by atoms with Crippen LogP contribution < -0.4 is 5.73 Å². The highest BCUT2D eigenvalue weighted by Crippen LogP contribution is 2.23. The standard InChI is InChI=1S/C8H8ClNO2S/c1-2-13(11,12)8-4-3-6(9)5-7(8)10/h2-5H,1,10H2. The first-order valence-corrected chi connectivity index (χ1v) is 5.32. The van der Waals surface area contributed by atoms with E-state index in [4.69, 9.17) is 17.3 Å². The lowest BCUT2D eigenvalue weighted by Crippen LogP contribution is -2.00. The molecule has 0 saturated heterocycles. The van der Waals surface area contributed by atoms with E-state index in [-0.39, 0.29) is 10.6 Å². The van der Waals surface area contributed by atoms with Crippen LogP contribution in [-0.2, 0) is 9.84 Å². The van der Waals surface area contributed by atoms with Crippen LogP contribution in [0.1, 0.15) is 0 Å². The van der Waals surface area contributed by atoms with E-state index in [1.165, 1.54) is 18.2 Å². The summed E-state index contributed by atoms with van der Waals surface area (Å²) in [6, 6.07) is 4.21. The van der Waals surface area contributed by atoms with Crippen molar-refractivity contribution >= 4 is 27.1 Å². The lowest BCUT2D eigenvalue weighted by atomic mass is 10.3. The molecule has 2 N–H and O–H groups in total. The molecule has 0 aliphatic carbocycles. The summed E-state index contributed by atoms with van der Waals surface area (Å²) in [6.45, 7) is 3.20. The van der Waals surface area contributed by atoms with Crippen LogP contribution in [0.2, 0.25) is 5.02 Å². The summed E-state index contributed by atoms with van der Waals surface area (Å²) in [5, 5.41) is 1.26. The van der Waals surface area contributed by atoms with Gasteiger partial charge in [-0.2, -0.15) is 0 Å². The first-order chi connectivity index (χ1) is 5.97. The normalized spacial score (nSPS) is 11.2. The third-order valence-corrected chi connectivity index (χ3v) is 3.16. The van der Waals surface area contributed by atoms with Gasteiger partial charge in [-0.1, -0.05) is 18.2 Å². The Hall–Kier alpha value is -1.00. The molecule has 0 heterocycles. The molecule has 0 unspecified atom stereocenters. The molecule has 3 nitrogen and oxygen atoms in total. The zero-order valence-corrected chi connectivity index (χ0v) is 8.27. The maximum Gasteiger partial charge on any atom is 0.201 e. The molecule has 0 amide bonds. The lowest BCUT2D eigenvalue weighted by Gasteiger charge is -2.02. The maximum atomic E-state index is 11.3. The van der Waals surface area contributed by atoms with Gasteiger partial charge in [-0.05, 0) is 18.2 Å². The van der Waals surface area contributed by atoms with Crippen molar-refractivity contribution in [2.75, 3.05) is 5.73 Å². The van der Waals surface area contributed by atoms with E-state index in [0.717, 1.165) is 5.41 Å². The Morgan fingerprint density at radius 1 is 1.46 bits per heavy atom. The van der Waals surface area contributed by atoms with E-state index >= 15 is 0 Å². The summed E-state index contributed by atoms with van der Waals surface area (Å²) in [4.78, 5) is 0.0342. The molecule has 13 heavy (non-hydrogen) atoms. The second kappa shape index (κ2) is 3.40. The highest BCUT2D eigenvalue weighted by molar-refractivity contribution is 7.94. The number of rotatable bonds is 2. The number of nitrogens with two attached hydrogens (primary N) is 1. The third-order valence-electron chi connectivity index (χ3n) is 1.50. The van der Waals surface area contributed by atoms with Gasteiger partial charge in [0.05, 0.1) is 10.6 Å². The Labute approximate surface area is 81.7 Å². The van der Waals surface area contributed by atoms with E-state index in [0.29, 0.717) is 5.02 Å². The summed E-state index contributed by atoms with van der Waals surface area (Å²) >= 11 is 5.61. The van der Waals surface area contributed by atoms with Crippen LogP contribution in [0.15, 0.2) is 35.1 Å². The van der Waals surface area contributed by atoms with E-state index in [1.54, 1.807) is 0 Å². The minimum absolute atomic E-state index is 0.0342. The van der Waals surface area contributed by atoms with Gasteiger partial charge in [0.1, 0.15) is 0 Å². The van der Waals surface area contributed by atoms with Crippen molar-refractivity contribution in [3.63, 3.8) is 0 Å². The average Bonchev–Trinajstić information content (AvgIpc) is 2.03. The van der Waals surface area contributed by atoms with Crippen LogP contribution in [-0.4, -0.2) is 8.42 Å². The number of hydrogen-bond donors (Lipinski definition) is 1. The molecule has 0 aromatic heterocycles. The molecule has 0 saturated carbocycles. The molecular formula is C8H8ClNO2S. The first kappa shape index (κ1) is 10.1. The molecule has 0 aliphatic rings. The van der Waals surface area contributed by atoms with Crippen molar-refractivity contribution in [3.8, 4) is 0 Å². The topological polar surface area (TPSA) is 60.2 Å². The van der Waals surface area contributed by atoms with E-state index in [2.05, 4.69) is 6.58 Å². The second-order valence-electron chi connectivity index (χ2n) is 2.39. The van der Waals surface area contributed by atoms with Crippen LogP contribution in [0.4, 0.5) is 5.69 Å². The molecule has 0 bridgehead atoms. The van der Waals surface area contributed by atoms with E-state index in [9.17, 15) is 8.42 Å². The number of benzene rings is 1. The Morgan fingerprint density at radius 2 is 2.08 bits per heavy atom. The molecular weight excluding hydrogens is 210 g/mol. The molecule has 1 aromatic rings. The second-order valence-corrected chi connectivity index (χ2v) is 4.69. The molecule has 0 aliphatic heterocycles. The molecule has 0 atom stereocenters. The van der Waals surface area contributed by atoms with Gasteiger partial charge in [0, 0.05) is 10.4 Å². The zero-order chi connectivity index (χ0) is 10.1. The van der Waals surface area contributed by atoms with Crippen molar-refractivity contribution in [3.05, 3.63) is 35.2 Å². The van der Waals surface area contributed by atoms with Gasteiger partial charge in [0.15, 0.2) is 0 Å². The average molecular weight is 218 g/mol. The quantitative estimate of drug-likeness (QED) is 0.769. The van der Waals surface area contributed by atoms with Gasteiger partial charge in [0.2, 0.25) is 9.84 Å². The van der Waals surface area contributed by atoms with Crippen LogP contribution >= 0.6 is 11.6 Å². The van der Waals surface area contributed by atoms with E-state index in [1.807, 2.05) is 0 Å². The van der Waals surface area contributed by atoms with Crippen LogP contribution in [0.5, 0.6) is 0 Å². The Morgan fingerprint density at radius 3 is 2.54 bits per heavy atom. The third kappa shape index (κ3) is 2.02. The monoisotopic (exact) mass is 217 g/mol. The summed E-state index contributed by atoms with van der Waals surface area (Å²) < 4.78 is 22.6. The summed E-state index contributed by atoms with van der Waals surface area (Å²) in [6.07, 6.45) is 0. The predicted molar refractivity (Wildman–Crippen MR) is 53.2 cm³/mol. The number of nitrogen functional groups attached to an aromatic ring is 1. The lowest BCUT2D eigenvalue weighted by molar-refractivity contribution is 0.605. The van der Waals surface area contributed by atoms with Crippen LogP contribution in [0.25, 0.3) is 0 Å². The summed E-state index contributed by atoms with van der Waals surface area (Å²) in [5.74, 6) is 0. The molecule has 5 heteroatoms. The molecule has 0 spiro atoms. The number of anilines is 1. The van der Waals surface area contributed by atoms with Crippen LogP contribution in [0, 0.1) is 0 Å². The molecule has 1 rings (SSSR count). The molecule has 0 radical (unpaired) electrons. The van der Waals surface area contributed by atoms with Gasteiger partial charge in [0.25, 0.3) is 0 Å². The van der Waals surface area contributed by atoms with Gasteiger partial charge < -0.3 is 5.73 Å². The summed E-state index contributed by atoms with van der Waals surface area (Å²) in [7, 11) is -3.47. The molecule has 0 fully saturated rings. The fraction of sp³-hybridized carbons (Fsp3) is 0. The van der Waals surface area contributed by atoms with Gasteiger partial charge in [-0.3, -0.25) is 0 Å². The van der Waals surface area contributed by atoms with Crippen molar-refractivity contribution in [1.82, 2.24) is 0 Å². The minimum Gasteiger partial charge on any atom is -0.398 e. The van der Waals surface area contributed by atoms with Gasteiger partial charge in [-0.25, -0.2) is 8.42 Å². The van der Waals surface area contributed by atoms with Crippen molar-refractivity contribution < 1.29 is 8.42 Å². The molecule has 70 valence electrons. The SMILES string of the molecule is C=CS(=O)(=O)c1ccc(Cl)cc1N. The Bertz CT molecular complexity index is 439. The minimum atomic E-state index is -3.47. The smallest absolute Gasteiger partial charge is 0.201 e. The number of halogens is 1. The van der Waals surface area contributed by atoms with Gasteiger partial charge in [-0.15, -0.1) is 0 Å². The first-order valence-electron chi connectivity index (χ1n) is 3.40. The zero-order valence-electron chi connectivity index (χ0n) is 6.70. The maximum absolute atomic E-state index is 11.3. The van der Waals surface area contributed by atoms with Crippen molar-refractivity contribution in [2.24, 2.45) is 0 Å².